The van der Waals surface area contributed by atoms with E-state index in [4.69, 9.17) is 9.47 Å². The SMILES string of the molecule is O=C1OC2(CC(c3ccc(C(F)(F)F)cc3)CCN2CCC2CCCc3sccc32)OC1=O. The van der Waals surface area contributed by atoms with Crippen LogP contribution in [0.4, 0.5) is 13.2 Å². The van der Waals surface area contributed by atoms with Crippen molar-refractivity contribution in [2.75, 3.05) is 13.1 Å². The number of carbonyl (C=O) groups is 2. The predicted molar refractivity (Wildman–Crippen MR) is 115 cm³/mol. The number of hydrogen-bond acceptors (Lipinski definition) is 6. The van der Waals surface area contributed by atoms with Crippen LogP contribution in [0.2, 0.25) is 0 Å². The van der Waals surface area contributed by atoms with Gasteiger partial charge >= 0.3 is 24.0 Å². The molecule has 2 aromatic rings. The van der Waals surface area contributed by atoms with Gasteiger partial charge in [0, 0.05) is 24.4 Å². The van der Waals surface area contributed by atoms with E-state index >= 15 is 0 Å². The smallest absolute Gasteiger partial charge is 0.400 e. The van der Waals surface area contributed by atoms with Crippen LogP contribution in [0, 0.1) is 0 Å². The average molecular weight is 480 g/mol. The molecule has 0 amide bonds. The van der Waals surface area contributed by atoms with E-state index in [1.807, 2.05) is 4.90 Å². The first-order valence-corrected chi connectivity index (χ1v) is 12.1. The Morgan fingerprint density at radius 1 is 1.06 bits per heavy atom. The third kappa shape index (κ3) is 4.28. The summed E-state index contributed by atoms with van der Waals surface area (Å²) < 4.78 is 49.7. The Hall–Kier alpha value is -2.39. The van der Waals surface area contributed by atoms with Gasteiger partial charge in [0.1, 0.15) is 0 Å². The van der Waals surface area contributed by atoms with Gasteiger partial charge in [-0.15, -0.1) is 11.3 Å². The molecule has 2 atom stereocenters. The van der Waals surface area contributed by atoms with Crippen LogP contribution >= 0.6 is 11.3 Å². The van der Waals surface area contributed by atoms with Gasteiger partial charge in [-0.2, -0.15) is 13.2 Å². The van der Waals surface area contributed by atoms with E-state index in [0.29, 0.717) is 31.0 Å². The van der Waals surface area contributed by atoms with Gasteiger partial charge in [-0.3, -0.25) is 0 Å². The number of aryl methyl sites for hydroxylation is 1. The second kappa shape index (κ2) is 8.43. The third-order valence-corrected chi connectivity index (χ3v) is 8.03. The van der Waals surface area contributed by atoms with Gasteiger partial charge in [-0.25, -0.2) is 14.5 Å². The molecule has 33 heavy (non-hydrogen) atoms. The fourth-order valence-electron chi connectivity index (χ4n) is 5.34. The molecular formula is C24H24F3NO4S. The van der Waals surface area contributed by atoms with E-state index in [9.17, 15) is 22.8 Å². The molecular weight excluding hydrogens is 455 g/mol. The number of thiophene rings is 1. The summed E-state index contributed by atoms with van der Waals surface area (Å²) in [7, 11) is 0. The van der Waals surface area contributed by atoms with Crippen LogP contribution in [0.3, 0.4) is 0 Å². The molecule has 0 radical (unpaired) electrons. The normalized spacial score (nSPS) is 25.1. The zero-order valence-electron chi connectivity index (χ0n) is 17.9. The number of piperidine rings is 1. The summed E-state index contributed by atoms with van der Waals surface area (Å²) in [5.41, 5.74) is 1.38. The highest BCUT2D eigenvalue weighted by Crippen LogP contribution is 2.44. The zero-order valence-corrected chi connectivity index (χ0v) is 18.7. The number of benzene rings is 1. The van der Waals surface area contributed by atoms with Crippen LogP contribution < -0.4 is 0 Å². The number of carbonyl (C=O) groups excluding carboxylic acids is 2. The second-order valence-electron chi connectivity index (χ2n) is 8.97. The Kier molecular flexibility index (Phi) is 5.73. The molecule has 176 valence electrons. The fourth-order valence-corrected chi connectivity index (χ4v) is 6.35. The van der Waals surface area contributed by atoms with E-state index < -0.39 is 29.6 Å². The summed E-state index contributed by atoms with van der Waals surface area (Å²) in [5.74, 6) is -3.32. The Bertz CT molecular complexity index is 1030. The van der Waals surface area contributed by atoms with E-state index in [-0.39, 0.29) is 12.3 Å². The minimum Gasteiger partial charge on any atom is -0.400 e. The molecule has 2 unspecified atom stereocenters. The summed E-state index contributed by atoms with van der Waals surface area (Å²) in [5, 5.41) is 2.13. The molecule has 0 bridgehead atoms. The van der Waals surface area contributed by atoms with Crippen molar-refractivity contribution in [1.29, 1.82) is 0 Å². The Labute approximate surface area is 193 Å². The minimum absolute atomic E-state index is 0.194. The van der Waals surface area contributed by atoms with Gasteiger partial charge < -0.3 is 9.47 Å². The predicted octanol–water partition coefficient (Wildman–Crippen LogP) is 5.21. The Balaban J connectivity index is 1.33. The van der Waals surface area contributed by atoms with Crippen molar-refractivity contribution in [3.8, 4) is 0 Å². The number of halogens is 3. The fraction of sp³-hybridized carbons (Fsp3) is 0.500. The number of alkyl halides is 3. The molecule has 0 saturated carbocycles. The van der Waals surface area contributed by atoms with Crippen molar-refractivity contribution in [3.63, 3.8) is 0 Å². The molecule has 2 fully saturated rings. The molecule has 1 spiro atoms. The molecule has 1 aromatic heterocycles. The van der Waals surface area contributed by atoms with Crippen molar-refractivity contribution in [2.24, 2.45) is 0 Å². The van der Waals surface area contributed by atoms with Crippen molar-refractivity contribution >= 4 is 23.3 Å². The molecule has 1 aliphatic carbocycles. The van der Waals surface area contributed by atoms with Crippen molar-refractivity contribution in [2.45, 2.75) is 62.4 Å². The molecule has 5 rings (SSSR count). The average Bonchev–Trinajstić information content (AvgIpc) is 3.37. The minimum atomic E-state index is -4.40. The highest BCUT2D eigenvalue weighted by Gasteiger charge is 2.56. The van der Waals surface area contributed by atoms with Crippen LogP contribution in [-0.2, 0) is 31.7 Å². The van der Waals surface area contributed by atoms with E-state index in [1.54, 1.807) is 11.3 Å². The quantitative estimate of drug-likeness (QED) is 0.445. The van der Waals surface area contributed by atoms with Gasteiger partial charge in [0.25, 0.3) is 0 Å². The first-order chi connectivity index (χ1) is 15.7. The molecule has 2 saturated heterocycles. The maximum Gasteiger partial charge on any atom is 0.421 e. The zero-order chi connectivity index (χ0) is 23.2. The van der Waals surface area contributed by atoms with Gasteiger partial charge in [-0.05, 0) is 78.6 Å². The van der Waals surface area contributed by atoms with Crippen molar-refractivity contribution in [1.82, 2.24) is 4.90 Å². The van der Waals surface area contributed by atoms with Crippen LogP contribution in [0.5, 0.6) is 0 Å². The summed E-state index contributed by atoms with van der Waals surface area (Å²) >= 11 is 1.79. The maximum atomic E-state index is 12.9. The molecule has 3 aliphatic rings. The maximum absolute atomic E-state index is 12.9. The van der Waals surface area contributed by atoms with Crippen molar-refractivity contribution in [3.05, 3.63) is 57.3 Å². The number of fused-ring (bicyclic) bond motifs is 1. The lowest BCUT2D eigenvalue weighted by Crippen LogP contribution is -2.55. The van der Waals surface area contributed by atoms with Crippen LogP contribution in [0.1, 0.15) is 65.5 Å². The van der Waals surface area contributed by atoms with Crippen LogP contribution in [0.15, 0.2) is 35.7 Å². The standard InChI is InChI=1S/C24H24F3NO4S/c25-24(26,27)18-6-4-15(5-7-18)17-9-12-28(23(14-17)31-21(29)22(30)32-23)11-8-16-2-1-3-20-19(16)10-13-33-20/h4-7,10,13,16-17H,1-3,8-9,11-12,14H2. The van der Waals surface area contributed by atoms with Crippen LogP contribution in [-0.4, -0.2) is 35.8 Å². The lowest BCUT2D eigenvalue weighted by atomic mass is 9.84. The van der Waals surface area contributed by atoms with E-state index in [1.165, 1.54) is 22.6 Å². The highest BCUT2D eigenvalue weighted by molar-refractivity contribution is 7.10. The largest absolute Gasteiger partial charge is 0.421 e. The number of esters is 2. The van der Waals surface area contributed by atoms with Gasteiger partial charge in [0.2, 0.25) is 0 Å². The number of rotatable bonds is 4. The first-order valence-electron chi connectivity index (χ1n) is 11.2. The molecule has 2 aliphatic heterocycles. The molecule has 5 nitrogen and oxygen atoms in total. The molecule has 9 heteroatoms. The molecule has 3 heterocycles. The second-order valence-corrected chi connectivity index (χ2v) is 9.97. The third-order valence-electron chi connectivity index (χ3n) is 7.04. The Morgan fingerprint density at radius 2 is 1.79 bits per heavy atom. The lowest BCUT2D eigenvalue weighted by Gasteiger charge is -2.44. The van der Waals surface area contributed by atoms with Crippen LogP contribution in [0.25, 0.3) is 0 Å². The summed E-state index contributed by atoms with van der Waals surface area (Å²) in [6.07, 6.45) is 0.663. The summed E-state index contributed by atoms with van der Waals surface area (Å²) in [6, 6.07) is 7.21. The first kappa shape index (κ1) is 22.4. The monoisotopic (exact) mass is 479 g/mol. The number of likely N-dealkylation sites (tertiary alicyclic amines) is 1. The van der Waals surface area contributed by atoms with Gasteiger partial charge in [-0.1, -0.05) is 12.1 Å². The van der Waals surface area contributed by atoms with E-state index in [0.717, 1.165) is 37.8 Å². The topological polar surface area (TPSA) is 55.8 Å². The van der Waals surface area contributed by atoms with Gasteiger partial charge in [0.05, 0.1) is 5.56 Å². The highest BCUT2D eigenvalue weighted by atomic mass is 32.1. The molecule has 1 aromatic carbocycles. The number of nitrogens with zero attached hydrogens (tertiary/aromatic N) is 1. The van der Waals surface area contributed by atoms with E-state index in [2.05, 4.69) is 11.4 Å². The number of ether oxygens (including phenoxy) is 2. The summed E-state index contributed by atoms with van der Waals surface area (Å²) in [6.45, 7) is 1.11. The Morgan fingerprint density at radius 3 is 2.48 bits per heavy atom. The summed E-state index contributed by atoms with van der Waals surface area (Å²) in [4.78, 5) is 27.3. The van der Waals surface area contributed by atoms with Gasteiger partial charge in [0.15, 0.2) is 0 Å². The lowest BCUT2D eigenvalue weighted by molar-refractivity contribution is -0.266. The van der Waals surface area contributed by atoms with Crippen molar-refractivity contribution < 1.29 is 32.2 Å². The molecule has 0 N–H and O–H groups in total. The number of hydrogen-bond donors (Lipinski definition) is 0.